The fraction of sp³-hybridized carbons (Fsp3) is 0.129. The molecular weight excluding hydrogens is 498 g/mol. The third kappa shape index (κ3) is 5.48. The van der Waals surface area contributed by atoms with Crippen LogP contribution in [0, 0.1) is 0 Å². The van der Waals surface area contributed by atoms with Crippen LogP contribution in [-0.2, 0) is 11.4 Å². The minimum Gasteiger partial charge on any atom is -0.490 e. The third-order valence-electron chi connectivity index (χ3n) is 6.10. The van der Waals surface area contributed by atoms with Gasteiger partial charge in [-0.05, 0) is 58.8 Å². The predicted octanol–water partition coefficient (Wildman–Crippen LogP) is 6.74. The maximum absolute atomic E-state index is 12.9. The van der Waals surface area contributed by atoms with Gasteiger partial charge in [-0.2, -0.15) is 0 Å². The number of nitrogens with zero attached hydrogens (tertiary/aromatic N) is 1. The van der Waals surface area contributed by atoms with Crippen molar-refractivity contribution in [2.75, 3.05) is 13.2 Å². The molecule has 4 aromatic carbocycles. The minimum atomic E-state index is -0.487. The SMILES string of the molecule is CCOc1cc(/C=C2/SC(=O)N(CC(=O)c3ccccc3)C2=O)ccc1OCc1cccc2ccccc12. The normalized spacial score (nSPS) is 14.3. The van der Waals surface area contributed by atoms with Crippen LogP contribution in [0.4, 0.5) is 4.79 Å². The Hall–Kier alpha value is -4.36. The van der Waals surface area contributed by atoms with Crippen LogP contribution >= 0.6 is 11.8 Å². The molecule has 1 saturated heterocycles. The first-order chi connectivity index (χ1) is 18.5. The molecule has 0 radical (unpaired) electrons. The van der Waals surface area contributed by atoms with Crippen molar-refractivity contribution in [3.8, 4) is 11.5 Å². The Balaban J connectivity index is 1.32. The molecule has 0 aliphatic carbocycles. The molecule has 0 saturated carbocycles. The van der Waals surface area contributed by atoms with Gasteiger partial charge in [0.1, 0.15) is 6.61 Å². The number of ether oxygens (including phenoxy) is 2. The molecule has 0 unspecified atom stereocenters. The number of carbonyl (C=O) groups excluding carboxylic acids is 3. The maximum atomic E-state index is 12.9. The van der Waals surface area contributed by atoms with E-state index in [0.29, 0.717) is 35.8 Å². The van der Waals surface area contributed by atoms with Gasteiger partial charge in [-0.3, -0.25) is 19.3 Å². The van der Waals surface area contributed by atoms with E-state index in [0.717, 1.165) is 33.0 Å². The minimum absolute atomic E-state index is 0.253. The van der Waals surface area contributed by atoms with Crippen molar-refractivity contribution in [2.45, 2.75) is 13.5 Å². The number of ketones is 1. The van der Waals surface area contributed by atoms with Crippen molar-refractivity contribution in [1.29, 1.82) is 0 Å². The number of hydrogen-bond donors (Lipinski definition) is 0. The zero-order valence-corrected chi connectivity index (χ0v) is 21.6. The number of rotatable bonds is 9. The summed E-state index contributed by atoms with van der Waals surface area (Å²) in [6.07, 6.45) is 1.63. The van der Waals surface area contributed by atoms with Crippen LogP contribution in [0.25, 0.3) is 16.8 Å². The molecule has 0 N–H and O–H groups in total. The smallest absolute Gasteiger partial charge is 0.293 e. The van der Waals surface area contributed by atoms with Crippen LogP contribution in [0.5, 0.6) is 11.5 Å². The Bertz CT molecular complexity index is 1540. The van der Waals surface area contributed by atoms with Crippen LogP contribution in [0.15, 0.2) is 95.9 Å². The topological polar surface area (TPSA) is 72.9 Å². The third-order valence-corrected chi connectivity index (χ3v) is 7.01. The van der Waals surface area contributed by atoms with E-state index in [4.69, 9.17) is 9.47 Å². The summed E-state index contributed by atoms with van der Waals surface area (Å²) in [5.74, 6) is 0.345. The molecule has 2 amide bonds. The van der Waals surface area contributed by atoms with Crippen molar-refractivity contribution in [1.82, 2.24) is 4.90 Å². The van der Waals surface area contributed by atoms with E-state index in [2.05, 4.69) is 18.2 Å². The first kappa shape index (κ1) is 25.3. The zero-order chi connectivity index (χ0) is 26.5. The first-order valence-electron chi connectivity index (χ1n) is 12.2. The van der Waals surface area contributed by atoms with Gasteiger partial charge in [-0.1, -0.05) is 78.9 Å². The number of imide groups is 1. The summed E-state index contributed by atoms with van der Waals surface area (Å²) in [4.78, 5) is 39.2. The number of hydrogen-bond acceptors (Lipinski definition) is 6. The fourth-order valence-electron chi connectivity index (χ4n) is 4.22. The largest absolute Gasteiger partial charge is 0.490 e. The highest BCUT2D eigenvalue weighted by molar-refractivity contribution is 8.18. The molecule has 1 heterocycles. The van der Waals surface area contributed by atoms with Crippen LogP contribution in [0.2, 0.25) is 0 Å². The van der Waals surface area contributed by atoms with Gasteiger partial charge in [-0.15, -0.1) is 0 Å². The second-order valence-electron chi connectivity index (χ2n) is 8.62. The summed E-state index contributed by atoms with van der Waals surface area (Å²) < 4.78 is 12.0. The number of amides is 2. The Kier molecular flexibility index (Phi) is 7.56. The van der Waals surface area contributed by atoms with E-state index >= 15 is 0 Å². The van der Waals surface area contributed by atoms with Crippen molar-refractivity contribution in [3.63, 3.8) is 0 Å². The molecule has 1 aliphatic heterocycles. The molecule has 0 bridgehead atoms. The summed E-state index contributed by atoms with van der Waals surface area (Å²) in [7, 11) is 0. The molecule has 5 rings (SSSR count). The van der Waals surface area contributed by atoms with E-state index in [1.54, 1.807) is 48.5 Å². The van der Waals surface area contributed by atoms with E-state index < -0.39 is 11.1 Å². The lowest BCUT2D eigenvalue weighted by Gasteiger charge is -2.14. The van der Waals surface area contributed by atoms with Gasteiger partial charge in [0.05, 0.1) is 18.1 Å². The molecule has 1 aliphatic rings. The molecule has 1 fully saturated rings. The van der Waals surface area contributed by atoms with E-state index in [1.807, 2.05) is 37.3 Å². The van der Waals surface area contributed by atoms with Crippen LogP contribution in [0.3, 0.4) is 0 Å². The Morgan fingerprint density at radius 2 is 1.63 bits per heavy atom. The Labute approximate surface area is 224 Å². The average molecular weight is 524 g/mol. The number of Topliss-reactive ketones (excluding diaryl/α,β-unsaturated/α-hetero) is 1. The number of carbonyl (C=O) groups is 3. The maximum Gasteiger partial charge on any atom is 0.293 e. The molecular formula is C31H25NO5S. The summed E-state index contributed by atoms with van der Waals surface area (Å²) in [5.41, 5.74) is 2.20. The first-order valence-corrected chi connectivity index (χ1v) is 13.0. The van der Waals surface area contributed by atoms with E-state index in [-0.39, 0.29) is 17.2 Å². The fourth-order valence-corrected chi connectivity index (χ4v) is 5.06. The molecule has 6 nitrogen and oxygen atoms in total. The second-order valence-corrected chi connectivity index (χ2v) is 9.62. The van der Waals surface area contributed by atoms with Gasteiger partial charge in [-0.25, -0.2) is 0 Å². The second kappa shape index (κ2) is 11.4. The highest BCUT2D eigenvalue weighted by Gasteiger charge is 2.36. The van der Waals surface area contributed by atoms with E-state index in [9.17, 15) is 14.4 Å². The van der Waals surface area contributed by atoms with Gasteiger partial charge in [0, 0.05) is 5.56 Å². The van der Waals surface area contributed by atoms with E-state index in [1.165, 1.54) is 0 Å². The summed E-state index contributed by atoms with van der Waals surface area (Å²) in [6.45, 7) is 2.40. The van der Waals surface area contributed by atoms with Crippen LogP contribution < -0.4 is 9.47 Å². The molecule has 0 aromatic heterocycles. The number of fused-ring (bicyclic) bond motifs is 1. The summed E-state index contributed by atoms with van der Waals surface area (Å²) in [5, 5.41) is 1.81. The standard InChI is InChI=1S/C31H25NO5S/c1-2-36-28-17-21(15-16-27(28)37-20-24-13-8-12-22-9-6-7-14-25(22)24)18-29-30(34)32(31(35)38-29)19-26(33)23-10-4-3-5-11-23/h3-18H,2,19-20H2,1H3/b29-18+. The van der Waals surface area contributed by atoms with Crippen molar-refractivity contribution in [3.05, 3.63) is 113 Å². The van der Waals surface area contributed by atoms with Crippen LogP contribution in [0.1, 0.15) is 28.4 Å². The summed E-state index contributed by atoms with van der Waals surface area (Å²) in [6, 6.07) is 28.3. The van der Waals surface area contributed by atoms with Gasteiger partial charge in [0.25, 0.3) is 11.1 Å². The van der Waals surface area contributed by atoms with Gasteiger partial charge in [0.15, 0.2) is 17.3 Å². The van der Waals surface area contributed by atoms with Gasteiger partial charge >= 0.3 is 0 Å². The average Bonchev–Trinajstić information content (AvgIpc) is 3.20. The number of thioether (sulfide) groups is 1. The predicted molar refractivity (Wildman–Crippen MR) is 149 cm³/mol. The quantitative estimate of drug-likeness (QED) is 0.179. The Morgan fingerprint density at radius 3 is 2.45 bits per heavy atom. The monoisotopic (exact) mass is 523 g/mol. The Morgan fingerprint density at radius 1 is 0.868 bits per heavy atom. The highest BCUT2D eigenvalue weighted by Crippen LogP contribution is 2.35. The molecule has 190 valence electrons. The van der Waals surface area contributed by atoms with Gasteiger partial charge < -0.3 is 9.47 Å². The lowest BCUT2D eigenvalue weighted by Crippen LogP contribution is -2.33. The molecule has 4 aromatic rings. The molecule has 38 heavy (non-hydrogen) atoms. The van der Waals surface area contributed by atoms with Crippen molar-refractivity contribution < 1.29 is 23.9 Å². The lowest BCUT2D eigenvalue weighted by molar-refractivity contribution is -0.122. The molecule has 0 spiro atoms. The number of benzene rings is 4. The molecule has 7 heteroatoms. The zero-order valence-electron chi connectivity index (χ0n) is 20.8. The summed E-state index contributed by atoms with van der Waals surface area (Å²) >= 11 is 0.820. The van der Waals surface area contributed by atoms with Gasteiger partial charge in [0.2, 0.25) is 0 Å². The molecule has 0 atom stereocenters. The van der Waals surface area contributed by atoms with Crippen LogP contribution in [-0.4, -0.2) is 35.0 Å². The lowest BCUT2D eigenvalue weighted by atomic mass is 10.1. The van der Waals surface area contributed by atoms with Crippen molar-refractivity contribution >= 4 is 45.5 Å². The van der Waals surface area contributed by atoms with Crippen molar-refractivity contribution in [2.24, 2.45) is 0 Å². The highest BCUT2D eigenvalue weighted by atomic mass is 32.2.